The fourth-order valence-electron chi connectivity index (χ4n) is 2.60. The lowest BCUT2D eigenvalue weighted by Crippen LogP contribution is -1.93. The SMILES string of the molecule is Cc1cc([N+](=O)[O-])c(C)c2c1[nH]c1ccc(N)cc12. The van der Waals surface area contributed by atoms with Crippen molar-refractivity contribution in [3.05, 3.63) is 45.5 Å². The van der Waals surface area contributed by atoms with Crippen molar-refractivity contribution in [1.29, 1.82) is 0 Å². The van der Waals surface area contributed by atoms with Crippen molar-refractivity contribution in [3.63, 3.8) is 0 Å². The highest BCUT2D eigenvalue weighted by Crippen LogP contribution is 2.35. The Morgan fingerprint density at radius 3 is 2.68 bits per heavy atom. The first kappa shape index (κ1) is 11.5. The largest absolute Gasteiger partial charge is 0.399 e. The lowest BCUT2D eigenvalue weighted by molar-refractivity contribution is -0.385. The van der Waals surface area contributed by atoms with Gasteiger partial charge in [-0.3, -0.25) is 10.1 Å². The van der Waals surface area contributed by atoms with Gasteiger partial charge in [0.15, 0.2) is 0 Å². The van der Waals surface area contributed by atoms with Crippen LogP contribution in [0.1, 0.15) is 11.1 Å². The van der Waals surface area contributed by atoms with Crippen LogP contribution in [0.3, 0.4) is 0 Å². The number of aromatic nitrogens is 1. The van der Waals surface area contributed by atoms with Gasteiger partial charge in [0, 0.05) is 33.6 Å². The van der Waals surface area contributed by atoms with Crippen LogP contribution in [0.25, 0.3) is 21.8 Å². The maximum atomic E-state index is 11.1. The van der Waals surface area contributed by atoms with E-state index in [4.69, 9.17) is 5.73 Å². The molecule has 0 aliphatic carbocycles. The summed E-state index contributed by atoms with van der Waals surface area (Å²) in [6.45, 7) is 3.64. The number of H-pyrrole nitrogens is 1. The molecule has 3 rings (SSSR count). The molecule has 0 aliphatic heterocycles. The first-order chi connectivity index (χ1) is 8.99. The molecule has 0 saturated carbocycles. The molecule has 5 nitrogen and oxygen atoms in total. The third-order valence-corrected chi connectivity index (χ3v) is 3.53. The predicted molar refractivity (Wildman–Crippen MR) is 76.3 cm³/mol. The Balaban J connectivity index is 2.57. The molecule has 0 aliphatic rings. The molecule has 0 saturated heterocycles. The molecule has 2 aromatic carbocycles. The number of nitrogens with zero attached hydrogens (tertiary/aromatic N) is 1. The Morgan fingerprint density at radius 2 is 2.00 bits per heavy atom. The van der Waals surface area contributed by atoms with E-state index in [1.54, 1.807) is 13.0 Å². The highest BCUT2D eigenvalue weighted by Gasteiger charge is 2.18. The molecule has 0 amide bonds. The van der Waals surface area contributed by atoms with Crippen molar-refractivity contribution in [3.8, 4) is 0 Å². The molecule has 3 N–H and O–H groups in total. The fourth-order valence-corrected chi connectivity index (χ4v) is 2.60. The number of rotatable bonds is 1. The molecule has 3 aromatic rings. The summed E-state index contributed by atoms with van der Waals surface area (Å²) in [5.74, 6) is 0. The Morgan fingerprint density at radius 1 is 1.26 bits per heavy atom. The molecule has 0 fully saturated rings. The second-order valence-corrected chi connectivity index (χ2v) is 4.77. The van der Waals surface area contributed by atoms with Crippen LogP contribution >= 0.6 is 0 Å². The van der Waals surface area contributed by atoms with E-state index < -0.39 is 0 Å². The second kappa shape index (κ2) is 3.71. The van der Waals surface area contributed by atoms with E-state index in [1.165, 1.54) is 0 Å². The van der Waals surface area contributed by atoms with Gasteiger partial charge >= 0.3 is 0 Å². The zero-order chi connectivity index (χ0) is 13.7. The predicted octanol–water partition coefficient (Wildman–Crippen LogP) is 3.43. The van der Waals surface area contributed by atoms with Gasteiger partial charge < -0.3 is 10.7 Å². The number of nitrogens with one attached hydrogen (secondary N) is 1. The summed E-state index contributed by atoms with van der Waals surface area (Å²) in [7, 11) is 0. The zero-order valence-corrected chi connectivity index (χ0v) is 10.7. The van der Waals surface area contributed by atoms with Crippen LogP contribution in [0.15, 0.2) is 24.3 Å². The zero-order valence-electron chi connectivity index (χ0n) is 10.7. The summed E-state index contributed by atoms with van der Waals surface area (Å²) in [5.41, 5.74) is 10.0. The van der Waals surface area contributed by atoms with Gasteiger partial charge in [0.1, 0.15) is 0 Å². The number of aryl methyl sites for hydroxylation is 2. The summed E-state index contributed by atoms with van der Waals surface area (Å²) in [6, 6.07) is 7.17. The Hall–Kier alpha value is -2.56. The number of hydrogen-bond acceptors (Lipinski definition) is 3. The van der Waals surface area contributed by atoms with Crippen LogP contribution in [0.5, 0.6) is 0 Å². The number of nitrogens with two attached hydrogens (primary N) is 1. The average Bonchev–Trinajstić information content (AvgIpc) is 2.72. The Labute approximate surface area is 109 Å². The topological polar surface area (TPSA) is 85.0 Å². The average molecular weight is 255 g/mol. The third kappa shape index (κ3) is 1.55. The van der Waals surface area contributed by atoms with E-state index in [2.05, 4.69) is 4.98 Å². The standard InChI is InChI=1S/C14H13N3O2/c1-7-5-12(17(18)19)8(2)13-10-6-9(15)3-4-11(10)16-14(7)13/h3-6,16H,15H2,1-2H3. The number of anilines is 1. The van der Waals surface area contributed by atoms with Gasteiger partial charge in [-0.15, -0.1) is 0 Å². The lowest BCUT2D eigenvalue weighted by Gasteiger charge is -2.03. The van der Waals surface area contributed by atoms with Crippen molar-refractivity contribution in [2.75, 3.05) is 5.73 Å². The molecular weight excluding hydrogens is 242 g/mol. The van der Waals surface area contributed by atoms with E-state index in [0.29, 0.717) is 11.3 Å². The van der Waals surface area contributed by atoms with E-state index in [-0.39, 0.29) is 10.6 Å². The van der Waals surface area contributed by atoms with Crippen molar-refractivity contribution in [1.82, 2.24) is 4.98 Å². The van der Waals surface area contributed by atoms with Gasteiger partial charge in [-0.05, 0) is 37.6 Å². The van der Waals surface area contributed by atoms with Gasteiger partial charge in [-0.1, -0.05) is 0 Å². The summed E-state index contributed by atoms with van der Waals surface area (Å²) >= 11 is 0. The van der Waals surface area contributed by atoms with Gasteiger partial charge in [-0.2, -0.15) is 0 Å². The molecule has 0 spiro atoms. The van der Waals surface area contributed by atoms with E-state index in [0.717, 1.165) is 27.4 Å². The second-order valence-electron chi connectivity index (χ2n) is 4.77. The molecule has 0 unspecified atom stereocenters. The van der Waals surface area contributed by atoms with Crippen LogP contribution in [0.4, 0.5) is 11.4 Å². The molecule has 0 bridgehead atoms. The van der Waals surface area contributed by atoms with Crippen LogP contribution in [0.2, 0.25) is 0 Å². The maximum Gasteiger partial charge on any atom is 0.273 e. The van der Waals surface area contributed by atoms with Crippen LogP contribution < -0.4 is 5.73 Å². The van der Waals surface area contributed by atoms with Gasteiger partial charge in [0.25, 0.3) is 5.69 Å². The van der Waals surface area contributed by atoms with Crippen molar-refractivity contribution >= 4 is 33.2 Å². The minimum atomic E-state index is -0.340. The Bertz CT molecular complexity index is 834. The molecule has 19 heavy (non-hydrogen) atoms. The maximum absolute atomic E-state index is 11.1. The third-order valence-electron chi connectivity index (χ3n) is 3.53. The highest BCUT2D eigenvalue weighted by molar-refractivity contribution is 6.11. The van der Waals surface area contributed by atoms with Crippen LogP contribution in [0, 0.1) is 24.0 Å². The number of aromatic amines is 1. The summed E-state index contributed by atoms with van der Waals surface area (Å²) in [5, 5.41) is 12.9. The van der Waals surface area contributed by atoms with Crippen LogP contribution in [-0.4, -0.2) is 9.91 Å². The first-order valence-corrected chi connectivity index (χ1v) is 5.94. The fraction of sp³-hybridized carbons (Fsp3) is 0.143. The molecule has 1 aromatic heterocycles. The molecule has 0 atom stereocenters. The number of hydrogen-bond donors (Lipinski definition) is 2. The van der Waals surface area contributed by atoms with E-state index in [1.807, 2.05) is 25.1 Å². The highest BCUT2D eigenvalue weighted by atomic mass is 16.6. The Kier molecular flexibility index (Phi) is 2.25. The van der Waals surface area contributed by atoms with Crippen molar-refractivity contribution < 1.29 is 4.92 Å². The van der Waals surface area contributed by atoms with Crippen molar-refractivity contribution in [2.24, 2.45) is 0 Å². The van der Waals surface area contributed by atoms with Crippen molar-refractivity contribution in [2.45, 2.75) is 13.8 Å². The van der Waals surface area contributed by atoms with Crippen LogP contribution in [-0.2, 0) is 0 Å². The molecule has 5 heteroatoms. The summed E-state index contributed by atoms with van der Waals surface area (Å²) < 4.78 is 0. The summed E-state index contributed by atoms with van der Waals surface area (Å²) in [6.07, 6.45) is 0. The molecular formula is C14H13N3O2. The first-order valence-electron chi connectivity index (χ1n) is 5.94. The quantitative estimate of drug-likeness (QED) is 0.397. The van der Waals surface area contributed by atoms with E-state index in [9.17, 15) is 10.1 Å². The lowest BCUT2D eigenvalue weighted by atomic mass is 10.0. The molecule has 0 radical (unpaired) electrons. The summed E-state index contributed by atoms with van der Waals surface area (Å²) in [4.78, 5) is 14.1. The number of benzene rings is 2. The number of nitrogen functional groups attached to an aromatic ring is 1. The number of fused-ring (bicyclic) bond motifs is 3. The monoisotopic (exact) mass is 255 g/mol. The van der Waals surface area contributed by atoms with Gasteiger partial charge in [0.05, 0.1) is 10.4 Å². The molecule has 1 heterocycles. The van der Waals surface area contributed by atoms with E-state index >= 15 is 0 Å². The number of nitro benzene ring substituents is 1. The molecule has 96 valence electrons. The van der Waals surface area contributed by atoms with Gasteiger partial charge in [0.2, 0.25) is 0 Å². The smallest absolute Gasteiger partial charge is 0.273 e. The number of nitro groups is 1. The van der Waals surface area contributed by atoms with Gasteiger partial charge in [-0.25, -0.2) is 0 Å². The normalized spacial score (nSPS) is 11.3. The minimum Gasteiger partial charge on any atom is -0.399 e. The minimum absolute atomic E-state index is 0.147.